The molecule has 1 atom stereocenters. The third kappa shape index (κ3) is 4.78. The second-order valence-electron chi connectivity index (χ2n) is 3.85. The highest BCUT2D eigenvalue weighted by Crippen LogP contribution is 2.10. The topological polar surface area (TPSA) is 46.5 Å². The zero-order chi connectivity index (χ0) is 11.3. The predicted octanol–water partition coefficient (Wildman–Crippen LogP) is 1.06. The molecule has 1 rings (SSSR count). The van der Waals surface area contributed by atoms with Crippen molar-refractivity contribution < 1.29 is 14.6 Å². The summed E-state index contributed by atoms with van der Waals surface area (Å²) in [6.07, 6.45) is 2.18. The Morgan fingerprint density at radius 3 is 2.80 bits per heavy atom. The Labute approximate surface area is 90.1 Å². The maximum atomic E-state index is 10.8. The number of ether oxygens (including phenoxy) is 1. The van der Waals surface area contributed by atoms with Gasteiger partial charge in [-0.05, 0) is 19.8 Å². The van der Waals surface area contributed by atoms with Crippen LogP contribution in [0.15, 0.2) is 11.6 Å². The molecule has 0 spiro atoms. The highest BCUT2D eigenvalue weighted by molar-refractivity contribution is 5.98. The van der Waals surface area contributed by atoms with Crippen LogP contribution in [0.4, 0.5) is 0 Å². The Bertz CT molecular complexity index is 317. The summed E-state index contributed by atoms with van der Waals surface area (Å²) in [5.41, 5.74) is 0.828. The van der Waals surface area contributed by atoms with Crippen LogP contribution in [0.5, 0.6) is 0 Å². The molecule has 0 fully saturated rings. The van der Waals surface area contributed by atoms with E-state index in [1.165, 1.54) is 0 Å². The zero-order valence-corrected chi connectivity index (χ0v) is 9.12. The van der Waals surface area contributed by atoms with Crippen LogP contribution >= 0.6 is 0 Å². The lowest BCUT2D eigenvalue weighted by Gasteiger charge is -2.13. The molecule has 1 N–H and O–H groups in total. The van der Waals surface area contributed by atoms with Gasteiger partial charge in [-0.2, -0.15) is 0 Å². The van der Waals surface area contributed by atoms with Gasteiger partial charge in [-0.1, -0.05) is 12.0 Å². The molecule has 0 amide bonds. The van der Waals surface area contributed by atoms with Crippen LogP contribution in [-0.4, -0.2) is 29.7 Å². The highest BCUT2D eigenvalue weighted by atomic mass is 16.5. The number of hydrogen-bond acceptors (Lipinski definition) is 3. The summed E-state index contributed by atoms with van der Waals surface area (Å²) < 4.78 is 5.27. The summed E-state index contributed by atoms with van der Waals surface area (Å²) in [7, 11) is 0. The molecule has 0 aliphatic heterocycles. The number of carbonyl (C=O) groups excluding carboxylic acids is 1. The highest BCUT2D eigenvalue weighted by Gasteiger charge is 2.10. The van der Waals surface area contributed by atoms with E-state index in [0.717, 1.165) is 5.57 Å². The Balaban J connectivity index is 2.32. The fourth-order valence-corrected chi connectivity index (χ4v) is 1.22. The zero-order valence-electron chi connectivity index (χ0n) is 9.12. The second kappa shape index (κ2) is 5.69. The van der Waals surface area contributed by atoms with Gasteiger partial charge in [0.05, 0.1) is 18.8 Å². The fraction of sp³-hybridized carbons (Fsp3) is 0.583. The SMILES string of the molecule is CC(C)OCC(O)CC1=CCC(=O)C#C1. The van der Waals surface area contributed by atoms with Crippen molar-refractivity contribution in [2.75, 3.05) is 6.61 Å². The number of allylic oxidation sites excluding steroid dienone is 1. The number of carbonyl (C=O) groups is 1. The van der Waals surface area contributed by atoms with Gasteiger partial charge in [-0.3, -0.25) is 4.79 Å². The first kappa shape index (κ1) is 12.0. The normalized spacial score (nSPS) is 17.1. The summed E-state index contributed by atoms with van der Waals surface area (Å²) >= 11 is 0. The molecule has 82 valence electrons. The summed E-state index contributed by atoms with van der Waals surface area (Å²) in [6, 6.07) is 0. The molecule has 1 aliphatic carbocycles. The fourth-order valence-electron chi connectivity index (χ4n) is 1.22. The molecule has 3 nitrogen and oxygen atoms in total. The number of Topliss-reactive ketones (excluding diaryl/α,β-unsaturated/α-hetero) is 1. The Hall–Kier alpha value is -1.11. The van der Waals surface area contributed by atoms with Gasteiger partial charge in [0, 0.05) is 18.4 Å². The van der Waals surface area contributed by atoms with Crippen molar-refractivity contribution in [3.8, 4) is 11.8 Å². The summed E-state index contributed by atoms with van der Waals surface area (Å²) in [5.74, 6) is 5.16. The Morgan fingerprint density at radius 2 is 2.27 bits per heavy atom. The largest absolute Gasteiger partial charge is 0.390 e. The lowest BCUT2D eigenvalue weighted by molar-refractivity contribution is -0.113. The molecular weight excluding hydrogens is 192 g/mol. The monoisotopic (exact) mass is 208 g/mol. The quantitative estimate of drug-likeness (QED) is 0.543. The third-order valence-corrected chi connectivity index (χ3v) is 1.97. The number of aliphatic hydroxyl groups excluding tert-OH is 1. The van der Waals surface area contributed by atoms with Crippen LogP contribution in [0.25, 0.3) is 0 Å². The van der Waals surface area contributed by atoms with E-state index in [1.807, 2.05) is 13.8 Å². The predicted molar refractivity (Wildman–Crippen MR) is 57.2 cm³/mol. The summed E-state index contributed by atoms with van der Waals surface area (Å²) in [4.78, 5) is 10.8. The van der Waals surface area contributed by atoms with Crippen LogP contribution in [0.3, 0.4) is 0 Å². The molecule has 0 bridgehead atoms. The van der Waals surface area contributed by atoms with Crippen LogP contribution in [0, 0.1) is 11.8 Å². The van der Waals surface area contributed by atoms with E-state index in [1.54, 1.807) is 6.08 Å². The smallest absolute Gasteiger partial charge is 0.209 e. The number of rotatable bonds is 5. The van der Waals surface area contributed by atoms with Gasteiger partial charge < -0.3 is 9.84 Å². The lowest BCUT2D eigenvalue weighted by atomic mass is 10.0. The molecule has 0 aromatic carbocycles. The van der Waals surface area contributed by atoms with E-state index in [-0.39, 0.29) is 11.9 Å². The molecule has 1 unspecified atom stereocenters. The molecule has 3 heteroatoms. The van der Waals surface area contributed by atoms with Crippen LogP contribution in [0.2, 0.25) is 0 Å². The standard InChI is InChI=1S/C12H16O3/c1-9(2)15-8-12(14)7-10-3-5-11(13)6-4-10/h3,9,12,14H,5,7-8H2,1-2H3. The minimum atomic E-state index is -0.541. The van der Waals surface area contributed by atoms with E-state index < -0.39 is 6.10 Å². The summed E-state index contributed by atoms with van der Waals surface area (Å²) in [5, 5.41) is 9.60. The van der Waals surface area contributed by atoms with Gasteiger partial charge in [0.1, 0.15) is 0 Å². The molecular formula is C12H16O3. The average Bonchev–Trinajstić information content (AvgIpc) is 2.19. The van der Waals surface area contributed by atoms with Gasteiger partial charge in [0.2, 0.25) is 5.78 Å². The number of ketones is 1. The van der Waals surface area contributed by atoms with Crippen LogP contribution in [-0.2, 0) is 9.53 Å². The van der Waals surface area contributed by atoms with Gasteiger partial charge >= 0.3 is 0 Å². The first-order valence-corrected chi connectivity index (χ1v) is 5.11. The molecule has 0 saturated heterocycles. The van der Waals surface area contributed by atoms with Crippen molar-refractivity contribution in [1.82, 2.24) is 0 Å². The summed E-state index contributed by atoms with van der Waals surface area (Å²) in [6.45, 7) is 4.15. The van der Waals surface area contributed by atoms with E-state index in [4.69, 9.17) is 4.74 Å². The van der Waals surface area contributed by atoms with Crippen molar-refractivity contribution in [2.24, 2.45) is 0 Å². The maximum Gasteiger partial charge on any atom is 0.209 e. The van der Waals surface area contributed by atoms with Gasteiger partial charge in [-0.15, -0.1) is 0 Å². The molecule has 0 aromatic heterocycles. The average molecular weight is 208 g/mol. The molecule has 0 heterocycles. The van der Waals surface area contributed by atoms with Gasteiger partial charge in [0.25, 0.3) is 0 Å². The molecule has 1 aliphatic rings. The molecule has 0 aromatic rings. The van der Waals surface area contributed by atoms with Crippen molar-refractivity contribution in [3.05, 3.63) is 11.6 Å². The van der Waals surface area contributed by atoms with Crippen LogP contribution < -0.4 is 0 Å². The molecule has 0 radical (unpaired) electrons. The maximum absolute atomic E-state index is 10.8. The second-order valence-corrected chi connectivity index (χ2v) is 3.85. The number of aliphatic hydroxyl groups is 1. The van der Waals surface area contributed by atoms with E-state index in [9.17, 15) is 9.90 Å². The third-order valence-electron chi connectivity index (χ3n) is 1.97. The minimum Gasteiger partial charge on any atom is -0.390 e. The first-order chi connectivity index (χ1) is 7.08. The van der Waals surface area contributed by atoms with E-state index in [2.05, 4.69) is 11.8 Å². The van der Waals surface area contributed by atoms with Crippen molar-refractivity contribution in [2.45, 2.75) is 38.9 Å². The Kier molecular flexibility index (Phi) is 4.54. The van der Waals surface area contributed by atoms with Crippen molar-refractivity contribution in [1.29, 1.82) is 0 Å². The molecule has 0 saturated carbocycles. The van der Waals surface area contributed by atoms with Crippen LogP contribution in [0.1, 0.15) is 26.7 Å². The molecule has 15 heavy (non-hydrogen) atoms. The number of hydrogen-bond donors (Lipinski definition) is 1. The van der Waals surface area contributed by atoms with E-state index >= 15 is 0 Å². The first-order valence-electron chi connectivity index (χ1n) is 5.11. The van der Waals surface area contributed by atoms with Crippen molar-refractivity contribution >= 4 is 5.78 Å². The van der Waals surface area contributed by atoms with E-state index in [0.29, 0.717) is 19.4 Å². The Morgan fingerprint density at radius 1 is 1.53 bits per heavy atom. The van der Waals surface area contributed by atoms with Gasteiger partial charge in [-0.25, -0.2) is 0 Å². The van der Waals surface area contributed by atoms with Crippen molar-refractivity contribution in [3.63, 3.8) is 0 Å². The lowest BCUT2D eigenvalue weighted by Crippen LogP contribution is -2.19. The van der Waals surface area contributed by atoms with Gasteiger partial charge in [0.15, 0.2) is 0 Å². The minimum absolute atomic E-state index is 0.0633.